The van der Waals surface area contributed by atoms with Crippen molar-refractivity contribution in [2.45, 2.75) is 25.4 Å². The summed E-state index contributed by atoms with van der Waals surface area (Å²) < 4.78 is 20.9. The first kappa shape index (κ1) is 30.5. The number of ether oxygens (including phenoxy) is 1. The van der Waals surface area contributed by atoms with E-state index in [1.807, 2.05) is 42.2 Å². The van der Waals surface area contributed by atoms with Gasteiger partial charge in [0.15, 0.2) is 0 Å². The number of aromatic nitrogens is 2. The number of hydrogen-bond donors (Lipinski definition) is 2. The van der Waals surface area contributed by atoms with Gasteiger partial charge in [-0.1, -0.05) is 31.2 Å². The van der Waals surface area contributed by atoms with Crippen LogP contribution in [0.2, 0.25) is 0 Å². The van der Waals surface area contributed by atoms with Gasteiger partial charge in [-0.2, -0.15) is 11.8 Å². The van der Waals surface area contributed by atoms with Crippen LogP contribution in [-0.2, 0) is 16.1 Å². The minimum atomic E-state index is -1.41. The quantitative estimate of drug-likeness (QED) is 0.287. The van der Waals surface area contributed by atoms with Crippen LogP contribution in [0, 0.1) is 11.7 Å². The fourth-order valence-electron chi connectivity index (χ4n) is 5.06. The molecular weight excluding hydrogens is 543 g/mol. The molecule has 1 unspecified atom stereocenters. The lowest BCUT2D eigenvalue weighted by atomic mass is 9.81. The maximum Gasteiger partial charge on any atom is 0.329 e. The van der Waals surface area contributed by atoms with Gasteiger partial charge in [0.25, 0.3) is 5.91 Å². The summed E-state index contributed by atoms with van der Waals surface area (Å²) in [5.74, 6) is -1.47. The second-order valence-electron chi connectivity index (χ2n) is 10.3. The van der Waals surface area contributed by atoms with Gasteiger partial charge in [0.1, 0.15) is 11.4 Å². The topological polar surface area (TPSA) is 96.7 Å². The number of carboxylic acid groups (broad SMARTS) is 1. The van der Waals surface area contributed by atoms with Crippen molar-refractivity contribution in [2.75, 3.05) is 44.9 Å². The first-order chi connectivity index (χ1) is 19.8. The highest BCUT2D eigenvalue weighted by Gasteiger charge is 2.45. The summed E-state index contributed by atoms with van der Waals surface area (Å²) in [5.41, 5.74) is 1.65. The SMILES string of the molecule is CSCC[C@@](NC(=O)c1ccc(C=C(Cn2ccnc2)c2ccc(F)cc2)cc1)(C(=O)O)C(C)CN1CCOCC1. The summed E-state index contributed by atoms with van der Waals surface area (Å²) in [6.45, 7) is 5.71. The summed E-state index contributed by atoms with van der Waals surface area (Å²) in [6, 6.07) is 13.4. The molecular formula is C31H37FN4O4S. The highest BCUT2D eigenvalue weighted by Crippen LogP contribution is 2.27. The largest absolute Gasteiger partial charge is 0.479 e. The molecule has 1 aliphatic rings. The van der Waals surface area contributed by atoms with E-state index in [4.69, 9.17) is 4.74 Å². The van der Waals surface area contributed by atoms with Crippen molar-refractivity contribution in [3.05, 3.63) is 89.8 Å². The van der Waals surface area contributed by atoms with Crippen molar-refractivity contribution in [1.29, 1.82) is 0 Å². The molecule has 1 saturated heterocycles. The lowest BCUT2D eigenvalue weighted by Gasteiger charge is -2.39. The molecule has 1 aliphatic heterocycles. The molecule has 4 rings (SSSR count). The minimum absolute atomic E-state index is 0.305. The van der Waals surface area contributed by atoms with Crippen molar-refractivity contribution >= 4 is 35.3 Å². The summed E-state index contributed by atoms with van der Waals surface area (Å²) in [4.78, 5) is 32.5. The lowest BCUT2D eigenvalue weighted by molar-refractivity contribution is -0.147. The maximum absolute atomic E-state index is 13.6. The number of aliphatic carboxylic acids is 1. The lowest BCUT2D eigenvalue weighted by Crippen LogP contribution is -2.61. The Morgan fingerprint density at radius 1 is 1.15 bits per heavy atom. The Hall–Kier alpha value is -3.47. The van der Waals surface area contributed by atoms with Gasteiger partial charge < -0.3 is 19.7 Å². The van der Waals surface area contributed by atoms with E-state index >= 15 is 0 Å². The number of allylic oxidation sites excluding steroid dienone is 1. The molecule has 0 bridgehead atoms. The zero-order valence-corrected chi connectivity index (χ0v) is 24.3. The Labute approximate surface area is 244 Å². The van der Waals surface area contributed by atoms with Crippen molar-refractivity contribution in [3.8, 4) is 0 Å². The molecule has 2 atom stereocenters. The van der Waals surface area contributed by atoms with Crippen molar-refractivity contribution in [2.24, 2.45) is 5.92 Å². The summed E-state index contributed by atoms with van der Waals surface area (Å²) in [6.07, 6.45) is 9.51. The third kappa shape index (κ3) is 8.06. The number of carbonyl (C=O) groups excluding carboxylic acids is 1. The molecule has 2 heterocycles. The number of morpholine rings is 1. The van der Waals surface area contributed by atoms with Crippen LogP contribution in [0.4, 0.5) is 4.39 Å². The summed E-state index contributed by atoms with van der Waals surface area (Å²) in [7, 11) is 0. The van der Waals surface area contributed by atoms with E-state index in [0.29, 0.717) is 44.0 Å². The fraction of sp³-hybridized carbons (Fsp3) is 0.387. The zero-order valence-electron chi connectivity index (χ0n) is 23.5. The molecule has 1 fully saturated rings. The predicted octanol–water partition coefficient (Wildman–Crippen LogP) is 4.54. The Balaban J connectivity index is 1.55. The third-order valence-corrected chi connectivity index (χ3v) is 8.15. The van der Waals surface area contributed by atoms with Crippen LogP contribution in [0.3, 0.4) is 0 Å². The van der Waals surface area contributed by atoms with E-state index in [-0.39, 0.29) is 11.7 Å². The van der Waals surface area contributed by atoms with Gasteiger partial charge in [-0.05, 0) is 65.5 Å². The summed E-state index contributed by atoms with van der Waals surface area (Å²) in [5, 5.41) is 13.3. The van der Waals surface area contributed by atoms with E-state index in [1.165, 1.54) is 12.1 Å². The van der Waals surface area contributed by atoms with Gasteiger partial charge >= 0.3 is 5.97 Å². The third-order valence-electron chi connectivity index (χ3n) is 7.54. The number of thioether (sulfide) groups is 1. The molecule has 0 aliphatic carbocycles. The molecule has 2 aromatic carbocycles. The Bertz CT molecular complexity index is 1310. The van der Waals surface area contributed by atoms with Gasteiger partial charge in [-0.25, -0.2) is 14.2 Å². The fourth-order valence-corrected chi connectivity index (χ4v) is 5.59. The molecule has 10 heteroatoms. The monoisotopic (exact) mass is 580 g/mol. The molecule has 0 saturated carbocycles. The second-order valence-corrected chi connectivity index (χ2v) is 11.3. The predicted molar refractivity (Wildman–Crippen MR) is 160 cm³/mol. The molecule has 2 N–H and O–H groups in total. The number of halogens is 1. The standard InChI is InChI=1S/C31H37FN4O4S/c1-23(20-35-14-16-40-17-15-35)31(30(38)39,11-18-41-2)34-29(37)26-5-3-24(4-6-26)19-27(21-36-13-12-33-22-36)25-7-9-28(32)10-8-25/h3-10,12-13,19,22-23H,11,14-18,20-21H2,1-2H3,(H,34,37)(H,38,39)/t23?,31-/m0/s1. The Kier molecular flexibility index (Phi) is 10.7. The van der Waals surface area contributed by atoms with Crippen LogP contribution in [0.25, 0.3) is 11.6 Å². The van der Waals surface area contributed by atoms with E-state index in [0.717, 1.165) is 29.8 Å². The smallest absolute Gasteiger partial charge is 0.329 e. The van der Waals surface area contributed by atoms with Gasteiger partial charge in [-0.3, -0.25) is 9.69 Å². The van der Waals surface area contributed by atoms with Crippen LogP contribution in [0.15, 0.2) is 67.3 Å². The van der Waals surface area contributed by atoms with Crippen LogP contribution in [0.1, 0.15) is 34.8 Å². The number of amides is 1. The van der Waals surface area contributed by atoms with Crippen molar-refractivity contribution in [1.82, 2.24) is 19.8 Å². The van der Waals surface area contributed by atoms with Crippen molar-refractivity contribution in [3.63, 3.8) is 0 Å². The number of benzene rings is 2. The number of nitrogens with one attached hydrogen (secondary N) is 1. The van der Waals surface area contributed by atoms with E-state index in [1.54, 1.807) is 48.6 Å². The van der Waals surface area contributed by atoms with Gasteiger partial charge in [0.05, 0.1) is 19.5 Å². The number of carbonyl (C=O) groups is 2. The van der Waals surface area contributed by atoms with Crippen LogP contribution in [-0.4, -0.2) is 81.8 Å². The summed E-state index contributed by atoms with van der Waals surface area (Å²) >= 11 is 1.56. The van der Waals surface area contributed by atoms with Crippen LogP contribution < -0.4 is 5.32 Å². The van der Waals surface area contributed by atoms with E-state index in [2.05, 4.69) is 15.2 Å². The molecule has 3 aromatic rings. The highest BCUT2D eigenvalue weighted by molar-refractivity contribution is 7.98. The highest BCUT2D eigenvalue weighted by atomic mass is 32.2. The number of carboxylic acids is 1. The van der Waals surface area contributed by atoms with Crippen LogP contribution >= 0.6 is 11.8 Å². The molecule has 1 aromatic heterocycles. The molecule has 0 radical (unpaired) electrons. The van der Waals surface area contributed by atoms with E-state index in [9.17, 15) is 19.1 Å². The number of imidazole rings is 1. The average Bonchev–Trinajstić information content (AvgIpc) is 3.49. The molecule has 0 spiro atoms. The van der Waals surface area contributed by atoms with Gasteiger partial charge in [0, 0.05) is 50.1 Å². The maximum atomic E-state index is 13.6. The number of rotatable bonds is 13. The normalized spacial score (nSPS) is 16.6. The van der Waals surface area contributed by atoms with Gasteiger partial charge in [-0.15, -0.1) is 0 Å². The van der Waals surface area contributed by atoms with Gasteiger partial charge in [0.2, 0.25) is 0 Å². The second kappa shape index (κ2) is 14.4. The first-order valence-electron chi connectivity index (χ1n) is 13.7. The van der Waals surface area contributed by atoms with Crippen LogP contribution in [0.5, 0.6) is 0 Å². The average molecular weight is 581 g/mol. The molecule has 1 amide bonds. The Morgan fingerprint density at radius 2 is 1.83 bits per heavy atom. The van der Waals surface area contributed by atoms with Crippen molar-refractivity contribution < 1.29 is 23.8 Å². The molecule has 41 heavy (non-hydrogen) atoms. The Morgan fingerprint density at radius 3 is 2.44 bits per heavy atom. The van der Waals surface area contributed by atoms with E-state index < -0.39 is 17.4 Å². The minimum Gasteiger partial charge on any atom is -0.479 e. The first-order valence-corrected chi connectivity index (χ1v) is 15.1. The number of hydrogen-bond acceptors (Lipinski definition) is 6. The number of nitrogens with zero attached hydrogens (tertiary/aromatic N) is 3. The molecule has 218 valence electrons. The molecule has 8 nitrogen and oxygen atoms in total. The zero-order chi connectivity index (χ0) is 29.2.